The van der Waals surface area contributed by atoms with Gasteiger partial charge < -0.3 is 20.1 Å². The number of unbranched alkanes of at least 4 members (excludes halogenated alkanes) is 1. The highest BCUT2D eigenvalue weighted by Gasteiger charge is 2.24. The number of aliphatic hydroxyl groups is 3. The van der Waals surface area contributed by atoms with E-state index in [4.69, 9.17) is 15.3 Å². The zero-order valence-corrected chi connectivity index (χ0v) is 10.9. The molecule has 0 saturated heterocycles. The Morgan fingerprint density at radius 2 is 1.83 bits per heavy atom. The van der Waals surface area contributed by atoms with Crippen LogP contribution >= 0.6 is 0 Å². The molecule has 0 aromatic rings. The summed E-state index contributed by atoms with van der Waals surface area (Å²) in [4.78, 5) is 22.8. The quantitative estimate of drug-likeness (QED) is 0.337. The average Bonchev–Trinajstić information content (AvgIpc) is 2.26. The van der Waals surface area contributed by atoms with Gasteiger partial charge in [0.15, 0.2) is 0 Å². The molecule has 6 nitrogen and oxygen atoms in total. The number of carbonyl (C=O) groups is 2. The van der Waals surface area contributed by atoms with E-state index < -0.39 is 30.8 Å². The minimum absolute atomic E-state index is 0.309. The molecule has 0 saturated carbocycles. The molecule has 0 aliphatic heterocycles. The Kier molecular flexibility index (Phi) is 7.73. The minimum atomic E-state index is -2.91. The second-order valence-electron chi connectivity index (χ2n) is 4.31. The predicted molar refractivity (Wildman–Crippen MR) is 63.0 cm³/mol. The Hall–Kier alpha value is -0.980. The molecular weight excluding hydrogens is 240 g/mol. The fourth-order valence-corrected chi connectivity index (χ4v) is 1.46. The lowest BCUT2D eigenvalue weighted by Gasteiger charge is -2.14. The van der Waals surface area contributed by atoms with Crippen molar-refractivity contribution in [2.24, 2.45) is 5.92 Å². The van der Waals surface area contributed by atoms with Crippen molar-refractivity contribution < 1.29 is 29.6 Å². The van der Waals surface area contributed by atoms with Crippen LogP contribution < -0.4 is 0 Å². The van der Waals surface area contributed by atoms with Crippen LogP contribution in [0, 0.1) is 5.92 Å². The van der Waals surface area contributed by atoms with Crippen LogP contribution in [0.3, 0.4) is 0 Å². The molecule has 0 aliphatic rings. The molecule has 1 atom stereocenters. The van der Waals surface area contributed by atoms with Crippen LogP contribution in [0.25, 0.3) is 0 Å². The van der Waals surface area contributed by atoms with Crippen LogP contribution in [0.2, 0.25) is 0 Å². The van der Waals surface area contributed by atoms with E-state index in [2.05, 4.69) is 4.74 Å². The van der Waals surface area contributed by atoms with Crippen molar-refractivity contribution in [2.45, 2.75) is 58.3 Å². The third-order valence-corrected chi connectivity index (χ3v) is 2.61. The molecule has 6 heteroatoms. The van der Waals surface area contributed by atoms with Gasteiger partial charge in [0, 0.05) is 6.42 Å². The normalized spacial score (nSPS) is 13.2. The lowest BCUT2D eigenvalue weighted by atomic mass is 10.00. The highest BCUT2D eigenvalue weighted by atomic mass is 16.7. The van der Waals surface area contributed by atoms with Crippen LogP contribution in [0.1, 0.15) is 52.4 Å². The van der Waals surface area contributed by atoms with E-state index in [1.807, 2.05) is 13.8 Å². The second kappa shape index (κ2) is 8.18. The van der Waals surface area contributed by atoms with Gasteiger partial charge in [0.25, 0.3) is 5.97 Å². The van der Waals surface area contributed by atoms with E-state index in [1.54, 1.807) is 0 Å². The largest absolute Gasteiger partial charge is 0.393 e. The fourth-order valence-electron chi connectivity index (χ4n) is 1.46. The van der Waals surface area contributed by atoms with Gasteiger partial charge in [-0.1, -0.05) is 26.7 Å². The predicted octanol–water partition coefficient (Wildman–Crippen LogP) is 0.683. The van der Waals surface area contributed by atoms with Crippen LogP contribution in [0.15, 0.2) is 0 Å². The summed E-state index contributed by atoms with van der Waals surface area (Å²) in [6, 6.07) is 0. The topological polar surface area (TPSA) is 104 Å². The Labute approximate surface area is 107 Å². The molecule has 0 aromatic heterocycles. The van der Waals surface area contributed by atoms with Crippen molar-refractivity contribution in [3.05, 3.63) is 0 Å². The van der Waals surface area contributed by atoms with E-state index in [9.17, 15) is 9.59 Å². The molecule has 0 bridgehead atoms. The summed E-state index contributed by atoms with van der Waals surface area (Å²) in [5, 5.41) is 25.8. The maximum Gasteiger partial charge on any atom is 0.316 e. The molecule has 0 amide bonds. The molecule has 0 aliphatic carbocycles. The van der Waals surface area contributed by atoms with Crippen LogP contribution in [-0.4, -0.2) is 33.2 Å². The Bertz CT molecular complexity index is 268. The smallest absolute Gasteiger partial charge is 0.316 e. The minimum Gasteiger partial charge on any atom is -0.393 e. The summed E-state index contributed by atoms with van der Waals surface area (Å²) in [5.41, 5.74) is 0. The van der Waals surface area contributed by atoms with E-state index in [-0.39, 0.29) is 5.92 Å². The SMILES string of the molecule is CCCCC(CC)C(=O)OC(=O)CCC(O)(O)O. The van der Waals surface area contributed by atoms with Gasteiger partial charge in [-0.3, -0.25) is 9.59 Å². The van der Waals surface area contributed by atoms with Gasteiger partial charge in [-0.25, -0.2) is 0 Å². The number of esters is 2. The molecule has 0 rings (SSSR count). The van der Waals surface area contributed by atoms with E-state index in [1.165, 1.54) is 0 Å². The standard InChI is InChI=1S/C12H22O6/c1-3-5-6-9(4-2)11(14)18-10(13)7-8-12(15,16)17/h9,15-17H,3-8H2,1-2H3. The maximum atomic E-state index is 11.6. The summed E-state index contributed by atoms with van der Waals surface area (Å²) in [6.07, 6.45) is 2.08. The van der Waals surface area contributed by atoms with Gasteiger partial charge in [-0.05, 0) is 12.8 Å². The fraction of sp³-hybridized carbons (Fsp3) is 0.833. The van der Waals surface area contributed by atoms with Gasteiger partial charge >= 0.3 is 11.9 Å². The first-order valence-electron chi connectivity index (χ1n) is 6.21. The summed E-state index contributed by atoms with van der Waals surface area (Å²) < 4.78 is 4.58. The van der Waals surface area contributed by atoms with Crippen molar-refractivity contribution in [3.63, 3.8) is 0 Å². The molecule has 0 heterocycles. The number of hydrogen-bond donors (Lipinski definition) is 3. The third kappa shape index (κ3) is 8.16. The molecule has 106 valence electrons. The molecular formula is C12H22O6. The van der Waals surface area contributed by atoms with E-state index >= 15 is 0 Å². The third-order valence-electron chi connectivity index (χ3n) is 2.61. The first-order chi connectivity index (χ1) is 8.30. The molecule has 1 unspecified atom stereocenters. The second-order valence-corrected chi connectivity index (χ2v) is 4.31. The number of carbonyl (C=O) groups excluding carboxylic acids is 2. The Morgan fingerprint density at radius 1 is 1.22 bits per heavy atom. The van der Waals surface area contributed by atoms with Crippen molar-refractivity contribution in [1.82, 2.24) is 0 Å². The monoisotopic (exact) mass is 262 g/mol. The van der Waals surface area contributed by atoms with Gasteiger partial charge in [-0.2, -0.15) is 0 Å². The summed E-state index contributed by atoms with van der Waals surface area (Å²) in [6.45, 7) is 3.85. The van der Waals surface area contributed by atoms with E-state index in [0.29, 0.717) is 12.8 Å². The summed E-state index contributed by atoms with van der Waals surface area (Å²) >= 11 is 0. The lowest BCUT2D eigenvalue weighted by molar-refractivity contribution is -0.314. The summed E-state index contributed by atoms with van der Waals surface area (Å²) in [5.74, 6) is -4.67. The number of hydrogen-bond acceptors (Lipinski definition) is 6. The van der Waals surface area contributed by atoms with Gasteiger partial charge in [0.2, 0.25) is 0 Å². The molecule has 3 N–H and O–H groups in total. The van der Waals surface area contributed by atoms with Crippen LogP contribution in [0.5, 0.6) is 0 Å². The first kappa shape index (κ1) is 17.0. The molecule has 0 radical (unpaired) electrons. The summed E-state index contributed by atoms with van der Waals surface area (Å²) in [7, 11) is 0. The highest BCUT2D eigenvalue weighted by molar-refractivity contribution is 5.86. The van der Waals surface area contributed by atoms with Crippen molar-refractivity contribution in [1.29, 1.82) is 0 Å². The zero-order chi connectivity index (χ0) is 14.2. The number of rotatable bonds is 8. The molecule has 0 spiro atoms. The van der Waals surface area contributed by atoms with Crippen molar-refractivity contribution in [2.75, 3.05) is 0 Å². The van der Waals surface area contributed by atoms with E-state index in [0.717, 1.165) is 12.8 Å². The highest BCUT2D eigenvalue weighted by Crippen LogP contribution is 2.15. The van der Waals surface area contributed by atoms with Crippen LogP contribution in [0.4, 0.5) is 0 Å². The van der Waals surface area contributed by atoms with Crippen LogP contribution in [-0.2, 0) is 14.3 Å². The van der Waals surface area contributed by atoms with Gasteiger partial charge in [0.1, 0.15) is 0 Å². The molecule has 0 aromatic carbocycles. The average molecular weight is 262 g/mol. The molecule has 18 heavy (non-hydrogen) atoms. The van der Waals surface area contributed by atoms with Gasteiger partial charge in [0.05, 0.1) is 12.3 Å². The van der Waals surface area contributed by atoms with Crippen molar-refractivity contribution >= 4 is 11.9 Å². The zero-order valence-electron chi connectivity index (χ0n) is 10.9. The maximum absolute atomic E-state index is 11.6. The lowest BCUT2D eigenvalue weighted by Crippen LogP contribution is -2.29. The number of ether oxygens (including phenoxy) is 1. The first-order valence-corrected chi connectivity index (χ1v) is 6.21. The van der Waals surface area contributed by atoms with Gasteiger partial charge in [-0.15, -0.1) is 0 Å². The molecule has 0 fully saturated rings. The van der Waals surface area contributed by atoms with Crippen molar-refractivity contribution in [3.8, 4) is 0 Å². The Morgan fingerprint density at radius 3 is 2.28 bits per heavy atom. The Balaban J connectivity index is 4.08.